The van der Waals surface area contributed by atoms with E-state index < -0.39 is 0 Å². The van der Waals surface area contributed by atoms with Gasteiger partial charge < -0.3 is 10.6 Å². The number of nitrogens with zero attached hydrogens (tertiary/aromatic N) is 1. The number of nitrogens with two attached hydrogens (primary N) is 1. The van der Waals surface area contributed by atoms with E-state index in [0.717, 1.165) is 18.2 Å². The molecule has 2 atom stereocenters. The summed E-state index contributed by atoms with van der Waals surface area (Å²) in [6.45, 7) is 8.65. The molecule has 0 bridgehead atoms. The zero-order chi connectivity index (χ0) is 13.1. The lowest BCUT2D eigenvalue weighted by atomic mass is 10.1. The summed E-state index contributed by atoms with van der Waals surface area (Å²) in [5.41, 5.74) is 8.67. The van der Waals surface area contributed by atoms with Crippen molar-refractivity contribution in [3.05, 3.63) is 23.8 Å². The van der Waals surface area contributed by atoms with Crippen LogP contribution in [0.2, 0.25) is 0 Å². The quantitative estimate of drug-likeness (QED) is 0.844. The zero-order valence-electron chi connectivity index (χ0n) is 11.6. The van der Waals surface area contributed by atoms with Gasteiger partial charge in [-0.1, -0.05) is 19.9 Å². The number of rotatable bonds is 4. The van der Waals surface area contributed by atoms with Crippen LogP contribution in [0, 0.1) is 5.92 Å². The van der Waals surface area contributed by atoms with Gasteiger partial charge in [0.2, 0.25) is 0 Å². The highest BCUT2D eigenvalue weighted by molar-refractivity contribution is 7.99. The first-order valence-corrected chi connectivity index (χ1v) is 7.87. The van der Waals surface area contributed by atoms with E-state index in [-0.39, 0.29) is 0 Å². The summed E-state index contributed by atoms with van der Waals surface area (Å²) >= 11 is 1.89. The minimum atomic E-state index is 0.632. The Bertz CT molecular complexity index is 405. The molecule has 1 fully saturated rings. The van der Waals surface area contributed by atoms with E-state index in [1.54, 1.807) is 0 Å². The first-order valence-electron chi connectivity index (χ1n) is 6.88. The smallest absolute Gasteiger partial charge is 0.0425 e. The van der Waals surface area contributed by atoms with Gasteiger partial charge in [0.1, 0.15) is 0 Å². The van der Waals surface area contributed by atoms with E-state index in [1.165, 1.54) is 22.6 Å². The van der Waals surface area contributed by atoms with Crippen LogP contribution in [0.5, 0.6) is 0 Å². The van der Waals surface area contributed by atoms with E-state index in [2.05, 4.69) is 43.9 Å². The molecule has 2 rings (SSSR count). The van der Waals surface area contributed by atoms with Crippen LogP contribution in [0.25, 0.3) is 0 Å². The molecule has 0 saturated carbocycles. The number of hydrogen-bond acceptors (Lipinski definition) is 3. The van der Waals surface area contributed by atoms with Gasteiger partial charge in [0.15, 0.2) is 0 Å². The van der Waals surface area contributed by atoms with Crippen LogP contribution in [0.3, 0.4) is 0 Å². The Labute approximate surface area is 115 Å². The van der Waals surface area contributed by atoms with Crippen molar-refractivity contribution in [3.8, 4) is 0 Å². The van der Waals surface area contributed by atoms with Gasteiger partial charge in [-0.25, -0.2) is 0 Å². The van der Waals surface area contributed by atoms with Gasteiger partial charge in [-0.3, -0.25) is 0 Å². The predicted octanol–water partition coefficient (Wildman–Crippen LogP) is 3.49. The van der Waals surface area contributed by atoms with Crippen LogP contribution in [0.4, 0.5) is 5.69 Å². The summed E-state index contributed by atoms with van der Waals surface area (Å²) in [4.78, 5) is 3.89. The molecule has 100 valence electrons. The van der Waals surface area contributed by atoms with E-state index in [4.69, 9.17) is 5.73 Å². The van der Waals surface area contributed by atoms with Crippen LogP contribution >= 0.6 is 11.8 Å². The molecule has 1 aliphatic heterocycles. The largest absolute Gasteiger partial charge is 0.368 e. The molecule has 0 aliphatic carbocycles. The number of hydrogen-bond donors (Lipinski definition) is 1. The first kappa shape index (κ1) is 13.8. The Morgan fingerprint density at radius 1 is 1.39 bits per heavy atom. The van der Waals surface area contributed by atoms with Crippen LogP contribution in [-0.4, -0.2) is 18.3 Å². The lowest BCUT2D eigenvalue weighted by Crippen LogP contribution is -2.28. The third kappa shape index (κ3) is 2.67. The molecule has 0 radical (unpaired) electrons. The Kier molecular flexibility index (Phi) is 4.57. The SMILES string of the molecule is CCSc1cccc(N2CC(C)CC2C)c1CN. The van der Waals surface area contributed by atoms with Gasteiger partial charge in [-0.2, -0.15) is 0 Å². The third-order valence-electron chi connectivity index (χ3n) is 3.71. The maximum atomic E-state index is 5.99. The van der Waals surface area contributed by atoms with Crippen LogP contribution < -0.4 is 10.6 Å². The van der Waals surface area contributed by atoms with Crippen molar-refractivity contribution in [2.75, 3.05) is 17.2 Å². The summed E-state index contributed by atoms with van der Waals surface area (Å²) in [7, 11) is 0. The Hall–Kier alpha value is -0.670. The van der Waals surface area contributed by atoms with E-state index in [9.17, 15) is 0 Å². The number of thioether (sulfide) groups is 1. The van der Waals surface area contributed by atoms with Crippen molar-refractivity contribution in [3.63, 3.8) is 0 Å². The highest BCUT2D eigenvalue weighted by Crippen LogP contribution is 2.35. The predicted molar refractivity (Wildman–Crippen MR) is 81.3 cm³/mol. The van der Waals surface area contributed by atoms with Crippen molar-refractivity contribution >= 4 is 17.4 Å². The fourth-order valence-corrected chi connectivity index (χ4v) is 3.80. The summed E-state index contributed by atoms with van der Waals surface area (Å²) in [6.07, 6.45) is 1.29. The summed E-state index contributed by atoms with van der Waals surface area (Å²) in [5.74, 6) is 1.88. The van der Waals surface area contributed by atoms with Crippen molar-refractivity contribution in [1.82, 2.24) is 0 Å². The highest BCUT2D eigenvalue weighted by Gasteiger charge is 2.27. The molecule has 3 heteroatoms. The molecule has 0 amide bonds. The maximum Gasteiger partial charge on any atom is 0.0425 e. The van der Waals surface area contributed by atoms with Gasteiger partial charge in [0.05, 0.1) is 0 Å². The van der Waals surface area contributed by atoms with Crippen LogP contribution in [-0.2, 0) is 6.54 Å². The van der Waals surface area contributed by atoms with Gasteiger partial charge >= 0.3 is 0 Å². The Morgan fingerprint density at radius 2 is 2.17 bits per heavy atom. The molecule has 1 saturated heterocycles. The summed E-state index contributed by atoms with van der Waals surface area (Å²) in [5, 5.41) is 0. The molecule has 1 heterocycles. The van der Waals surface area contributed by atoms with Crippen molar-refractivity contribution in [1.29, 1.82) is 0 Å². The van der Waals surface area contributed by atoms with E-state index >= 15 is 0 Å². The van der Waals surface area contributed by atoms with Crippen molar-refractivity contribution < 1.29 is 0 Å². The fourth-order valence-electron chi connectivity index (χ4n) is 2.95. The molecule has 2 N–H and O–H groups in total. The minimum Gasteiger partial charge on any atom is -0.368 e. The summed E-state index contributed by atoms with van der Waals surface area (Å²) < 4.78 is 0. The second kappa shape index (κ2) is 5.98. The van der Waals surface area contributed by atoms with Crippen molar-refractivity contribution in [2.45, 2.75) is 44.7 Å². The van der Waals surface area contributed by atoms with Crippen molar-refractivity contribution in [2.24, 2.45) is 11.7 Å². The van der Waals surface area contributed by atoms with Crippen LogP contribution in [0.1, 0.15) is 32.8 Å². The molecule has 1 aliphatic rings. The van der Waals surface area contributed by atoms with E-state index in [1.807, 2.05) is 11.8 Å². The molecule has 0 aromatic heterocycles. The molecule has 2 unspecified atom stereocenters. The number of benzene rings is 1. The molecular formula is C15H24N2S. The molecule has 1 aromatic rings. The standard InChI is InChI=1S/C15H24N2S/c1-4-18-15-7-5-6-14(13(15)9-16)17-10-11(2)8-12(17)3/h5-7,11-12H,4,8-10,16H2,1-3H3. The third-order valence-corrected chi connectivity index (χ3v) is 4.69. The van der Waals surface area contributed by atoms with Gasteiger partial charge in [-0.15, -0.1) is 11.8 Å². The fraction of sp³-hybridized carbons (Fsp3) is 0.600. The zero-order valence-corrected chi connectivity index (χ0v) is 12.5. The minimum absolute atomic E-state index is 0.632. The van der Waals surface area contributed by atoms with Gasteiger partial charge in [-0.05, 0) is 37.1 Å². The van der Waals surface area contributed by atoms with Crippen LogP contribution in [0.15, 0.2) is 23.1 Å². The first-order chi connectivity index (χ1) is 8.67. The average molecular weight is 264 g/mol. The molecular weight excluding hydrogens is 240 g/mol. The Morgan fingerprint density at radius 3 is 2.72 bits per heavy atom. The second-order valence-electron chi connectivity index (χ2n) is 5.23. The lowest BCUT2D eigenvalue weighted by molar-refractivity contribution is 0.625. The topological polar surface area (TPSA) is 29.3 Å². The lowest BCUT2D eigenvalue weighted by Gasteiger charge is -2.27. The molecule has 0 spiro atoms. The number of anilines is 1. The van der Waals surface area contributed by atoms with Gasteiger partial charge in [0.25, 0.3) is 0 Å². The normalized spacial score (nSPS) is 23.7. The molecule has 2 nitrogen and oxygen atoms in total. The average Bonchev–Trinajstić information content (AvgIpc) is 2.68. The van der Waals surface area contributed by atoms with Gasteiger partial charge in [0, 0.05) is 35.3 Å². The highest BCUT2D eigenvalue weighted by atomic mass is 32.2. The van der Waals surface area contributed by atoms with E-state index in [0.29, 0.717) is 12.6 Å². The summed E-state index contributed by atoms with van der Waals surface area (Å²) in [6, 6.07) is 7.23. The maximum absolute atomic E-state index is 5.99. The molecule has 1 aromatic carbocycles. The second-order valence-corrected chi connectivity index (χ2v) is 6.54. The molecule has 18 heavy (non-hydrogen) atoms. The monoisotopic (exact) mass is 264 g/mol. The Balaban J connectivity index is 2.35.